The number of nitrogens with zero attached hydrogens (tertiary/aromatic N) is 1. The molecule has 4 heteroatoms. The van der Waals surface area contributed by atoms with Crippen LogP contribution in [0.1, 0.15) is 11.1 Å². The van der Waals surface area contributed by atoms with Crippen molar-refractivity contribution in [2.24, 2.45) is 0 Å². The lowest BCUT2D eigenvalue weighted by Crippen LogP contribution is -1.98. The topological polar surface area (TPSA) is 70.3 Å². The van der Waals surface area contributed by atoms with E-state index in [1.807, 2.05) is 6.07 Å². The van der Waals surface area contributed by atoms with Crippen LogP contribution in [0.15, 0.2) is 30.0 Å². The highest BCUT2D eigenvalue weighted by molar-refractivity contribution is 6.18. The van der Waals surface area contributed by atoms with Crippen molar-refractivity contribution in [3.63, 3.8) is 0 Å². The van der Waals surface area contributed by atoms with Crippen LogP contribution in [-0.4, -0.2) is 17.7 Å². The van der Waals surface area contributed by atoms with Crippen molar-refractivity contribution in [1.82, 2.24) is 0 Å². The highest BCUT2D eigenvalue weighted by Crippen LogP contribution is 2.24. The number of hydrogen-bond donors (Lipinski definition) is 1. The number of ether oxygens (including phenoxy) is 1. The minimum atomic E-state index is -0.530. The fourth-order valence-corrected chi connectivity index (χ4v) is 1.39. The van der Waals surface area contributed by atoms with Crippen molar-refractivity contribution in [3.8, 4) is 6.07 Å². The minimum Gasteiger partial charge on any atom is -0.508 e. The van der Waals surface area contributed by atoms with Crippen LogP contribution in [0.4, 0.5) is 0 Å². The number of cyclic esters (lactones) is 1. The van der Waals surface area contributed by atoms with Crippen molar-refractivity contribution < 1.29 is 14.6 Å². The summed E-state index contributed by atoms with van der Waals surface area (Å²) in [5.74, 6) is -0.595. The van der Waals surface area contributed by atoms with Gasteiger partial charge < -0.3 is 9.84 Å². The van der Waals surface area contributed by atoms with Crippen molar-refractivity contribution in [3.05, 3.63) is 41.2 Å². The zero-order chi connectivity index (χ0) is 10.8. The van der Waals surface area contributed by atoms with Crippen LogP contribution in [0.2, 0.25) is 0 Å². The zero-order valence-corrected chi connectivity index (χ0v) is 7.73. The number of rotatable bonds is 1. The predicted octanol–water partition coefficient (Wildman–Crippen LogP) is 1.38. The zero-order valence-electron chi connectivity index (χ0n) is 7.73. The molecule has 0 bridgehead atoms. The first-order valence-electron chi connectivity index (χ1n) is 4.32. The maximum atomic E-state index is 11.2. The van der Waals surface area contributed by atoms with E-state index < -0.39 is 5.97 Å². The number of hydrogen-bond acceptors (Lipinski definition) is 4. The van der Waals surface area contributed by atoms with Gasteiger partial charge in [0.15, 0.2) is 0 Å². The molecular weight excluding hydrogens is 194 g/mol. The van der Waals surface area contributed by atoms with Gasteiger partial charge in [-0.2, -0.15) is 5.26 Å². The molecule has 1 heterocycles. The number of esters is 1. The van der Waals surface area contributed by atoms with Crippen LogP contribution in [-0.2, 0) is 9.53 Å². The molecule has 0 atom stereocenters. The van der Waals surface area contributed by atoms with E-state index in [4.69, 9.17) is 5.26 Å². The monoisotopic (exact) mass is 201 g/mol. The third-order valence-electron chi connectivity index (χ3n) is 2.14. The van der Waals surface area contributed by atoms with Crippen LogP contribution in [0.3, 0.4) is 0 Å². The Balaban J connectivity index is 2.43. The average Bonchev–Trinajstić information content (AvgIpc) is 2.59. The molecule has 4 nitrogen and oxygen atoms in total. The molecule has 2 rings (SSSR count). The SMILES string of the molecule is N#Cc1ccc(C2=C(O)COC2=O)cc1. The molecule has 0 fully saturated rings. The minimum absolute atomic E-state index is 0.0651. The van der Waals surface area contributed by atoms with Crippen molar-refractivity contribution in [2.45, 2.75) is 0 Å². The second-order valence-corrected chi connectivity index (χ2v) is 3.09. The van der Waals surface area contributed by atoms with Crippen LogP contribution in [0.5, 0.6) is 0 Å². The third kappa shape index (κ3) is 1.55. The number of aliphatic hydroxyl groups excluding tert-OH is 1. The Kier molecular flexibility index (Phi) is 2.14. The predicted molar refractivity (Wildman–Crippen MR) is 51.7 cm³/mol. The van der Waals surface area contributed by atoms with Crippen LogP contribution >= 0.6 is 0 Å². The summed E-state index contributed by atoms with van der Waals surface area (Å²) in [7, 11) is 0. The van der Waals surface area contributed by atoms with Gasteiger partial charge >= 0.3 is 5.97 Å². The van der Waals surface area contributed by atoms with Crippen molar-refractivity contribution >= 4 is 11.5 Å². The standard InChI is InChI=1S/C11H7NO3/c12-5-7-1-3-8(4-2-7)10-9(13)6-15-11(10)14/h1-4,13H,6H2. The first kappa shape index (κ1) is 9.28. The molecule has 1 aliphatic heterocycles. The smallest absolute Gasteiger partial charge is 0.342 e. The molecule has 74 valence electrons. The Morgan fingerprint density at radius 3 is 2.47 bits per heavy atom. The summed E-state index contributed by atoms with van der Waals surface area (Å²) in [5.41, 5.74) is 1.25. The average molecular weight is 201 g/mol. The lowest BCUT2D eigenvalue weighted by Gasteiger charge is -1.99. The molecule has 1 aliphatic rings. The molecule has 1 N–H and O–H groups in total. The second kappa shape index (κ2) is 3.46. The van der Waals surface area contributed by atoms with Gasteiger partial charge in [-0.05, 0) is 17.7 Å². The van der Waals surface area contributed by atoms with Gasteiger partial charge in [0.05, 0.1) is 11.6 Å². The van der Waals surface area contributed by atoms with Crippen molar-refractivity contribution in [1.29, 1.82) is 5.26 Å². The second-order valence-electron chi connectivity index (χ2n) is 3.09. The molecule has 0 aliphatic carbocycles. The van der Waals surface area contributed by atoms with E-state index in [9.17, 15) is 9.90 Å². The van der Waals surface area contributed by atoms with Gasteiger partial charge in [0, 0.05) is 0 Å². The summed E-state index contributed by atoms with van der Waals surface area (Å²) in [6.45, 7) is -0.0752. The molecule has 1 aromatic carbocycles. The summed E-state index contributed by atoms with van der Waals surface area (Å²) < 4.78 is 4.66. The summed E-state index contributed by atoms with van der Waals surface area (Å²) in [4.78, 5) is 11.2. The summed E-state index contributed by atoms with van der Waals surface area (Å²) in [5, 5.41) is 18.0. The summed E-state index contributed by atoms with van der Waals surface area (Å²) in [6, 6.07) is 8.36. The Bertz CT molecular complexity index is 480. The van der Waals surface area contributed by atoms with Crippen LogP contribution in [0, 0.1) is 11.3 Å². The summed E-state index contributed by atoms with van der Waals surface area (Å²) >= 11 is 0. The number of nitriles is 1. The number of carbonyl (C=O) groups is 1. The van der Waals surface area contributed by atoms with Crippen LogP contribution in [0.25, 0.3) is 5.57 Å². The van der Waals surface area contributed by atoms with Gasteiger partial charge in [-0.3, -0.25) is 0 Å². The number of carbonyl (C=O) groups excluding carboxylic acids is 1. The lowest BCUT2D eigenvalue weighted by molar-refractivity contribution is -0.134. The first-order chi connectivity index (χ1) is 7.22. The van der Waals surface area contributed by atoms with E-state index in [1.165, 1.54) is 0 Å². The Labute approximate surface area is 86.0 Å². The molecule has 0 aromatic heterocycles. The van der Waals surface area contributed by atoms with Crippen LogP contribution < -0.4 is 0 Å². The van der Waals surface area contributed by atoms with E-state index in [1.54, 1.807) is 24.3 Å². The van der Waals surface area contributed by atoms with E-state index in [0.717, 1.165) is 0 Å². The Morgan fingerprint density at radius 2 is 2.00 bits per heavy atom. The molecule has 0 radical (unpaired) electrons. The molecule has 1 aromatic rings. The molecule has 0 saturated heterocycles. The first-order valence-corrected chi connectivity index (χ1v) is 4.32. The van der Waals surface area contributed by atoms with Gasteiger partial charge in [-0.1, -0.05) is 12.1 Å². The van der Waals surface area contributed by atoms with E-state index in [2.05, 4.69) is 4.74 Å². The number of aliphatic hydroxyl groups is 1. The van der Waals surface area contributed by atoms with Gasteiger partial charge in [-0.15, -0.1) is 0 Å². The van der Waals surface area contributed by atoms with Gasteiger partial charge in [-0.25, -0.2) is 4.79 Å². The lowest BCUT2D eigenvalue weighted by atomic mass is 10.0. The highest BCUT2D eigenvalue weighted by Gasteiger charge is 2.25. The Morgan fingerprint density at radius 1 is 1.33 bits per heavy atom. The van der Waals surface area contributed by atoms with Gasteiger partial charge in [0.25, 0.3) is 0 Å². The van der Waals surface area contributed by atoms with E-state index >= 15 is 0 Å². The third-order valence-corrected chi connectivity index (χ3v) is 2.14. The quantitative estimate of drug-likeness (QED) is 0.697. The Hall–Kier alpha value is -2.28. The maximum absolute atomic E-state index is 11.2. The summed E-state index contributed by atoms with van der Waals surface area (Å²) in [6.07, 6.45) is 0. The molecule has 0 amide bonds. The molecule has 0 saturated carbocycles. The fourth-order valence-electron chi connectivity index (χ4n) is 1.39. The normalized spacial score (nSPS) is 15.0. The molecular formula is C11H7NO3. The molecule has 0 spiro atoms. The van der Waals surface area contributed by atoms with Gasteiger partial charge in [0.2, 0.25) is 0 Å². The fraction of sp³-hybridized carbons (Fsp3) is 0.0909. The van der Waals surface area contributed by atoms with E-state index in [0.29, 0.717) is 11.1 Å². The van der Waals surface area contributed by atoms with E-state index in [-0.39, 0.29) is 17.9 Å². The van der Waals surface area contributed by atoms with Gasteiger partial charge in [0.1, 0.15) is 17.9 Å². The largest absolute Gasteiger partial charge is 0.508 e. The molecule has 0 unspecified atom stereocenters. The highest BCUT2D eigenvalue weighted by atomic mass is 16.5. The maximum Gasteiger partial charge on any atom is 0.342 e. The molecule has 15 heavy (non-hydrogen) atoms. The number of benzene rings is 1. The van der Waals surface area contributed by atoms with Crippen molar-refractivity contribution in [2.75, 3.05) is 6.61 Å².